The second-order valence-corrected chi connectivity index (χ2v) is 12.3. The molecule has 226 valence electrons. The van der Waals surface area contributed by atoms with Crippen LogP contribution < -0.4 is 0 Å². The molecule has 3 aromatic heterocycles. The van der Waals surface area contributed by atoms with Crippen LogP contribution in [-0.2, 0) is 6.42 Å². The number of hydrogen-bond acceptors (Lipinski definition) is 5. The molecule has 0 fully saturated rings. The van der Waals surface area contributed by atoms with E-state index in [1.807, 2.05) is 66.7 Å². The highest BCUT2D eigenvalue weighted by molar-refractivity contribution is 6.18. The molecule has 0 amide bonds. The van der Waals surface area contributed by atoms with Crippen LogP contribution in [0.3, 0.4) is 0 Å². The number of hydrogen-bond donors (Lipinski definition) is 0. The number of benzene rings is 6. The van der Waals surface area contributed by atoms with Gasteiger partial charge in [-0.3, -0.25) is 0 Å². The molecule has 6 aromatic carbocycles. The van der Waals surface area contributed by atoms with Gasteiger partial charge in [0.2, 0.25) is 0 Å². The zero-order valence-corrected chi connectivity index (χ0v) is 25.9. The summed E-state index contributed by atoms with van der Waals surface area (Å²) in [5.41, 5.74) is 10.9. The highest BCUT2D eigenvalue weighted by atomic mass is 16.3. The highest BCUT2D eigenvalue weighted by Gasteiger charge is 2.21. The zero-order chi connectivity index (χ0) is 31.6. The van der Waals surface area contributed by atoms with Crippen molar-refractivity contribution in [2.75, 3.05) is 0 Å². The Morgan fingerprint density at radius 3 is 2.00 bits per heavy atom. The third kappa shape index (κ3) is 4.28. The van der Waals surface area contributed by atoms with Crippen LogP contribution >= 0.6 is 0 Å². The zero-order valence-electron chi connectivity index (χ0n) is 25.9. The smallest absolute Gasteiger partial charge is 0.164 e. The maximum Gasteiger partial charge on any atom is 0.164 e. The van der Waals surface area contributed by atoms with E-state index in [2.05, 4.69) is 72.8 Å². The Morgan fingerprint density at radius 1 is 0.458 bits per heavy atom. The van der Waals surface area contributed by atoms with E-state index in [0.29, 0.717) is 17.5 Å². The first-order chi connectivity index (χ1) is 23.8. The van der Waals surface area contributed by atoms with E-state index in [9.17, 15) is 0 Å². The molecule has 0 radical (unpaired) electrons. The molecule has 1 aliphatic rings. The molecule has 0 unspecified atom stereocenters. The van der Waals surface area contributed by atoms with Crippen molar-refractivity contribution in [3.05, 3.63) is 145 Å². The lowest BCUT2D eigenvalue weighted by Gasteiger charge is -2.13. The van der Waals surface area contributed by atoms with E-state index in [1.54, 1.807) is 0 Å². The van der Waals surface area contributed by atoms with Crippen molar-refractivity contribution in [2.24, 2.45) is 0 Å². The SMILES string of the molecule is C1=Cc2cc(-c3nc(-c4ccccc4)nc(-c4cccc5oc6cccc(-c7ccc8oc9ccccc9c8c7)c6c45)n3)ccc2CC1. The standard InChI is InChI=1S/C43H27N3O2/c1-2-11-27(12-3-1)41-44-42(30-21-20-26-10-4-5-13-28(26)24-30)46-43(45-41)33-16-9-19-38-40(33)39-31(15-8-18-37(39)48-38)29-22-23-36-34(25-29)32-14-6-7-17-35(32)47-36/h1-3,5-9,11-25H,4,10H2. The molecule has 5 heteroatoms. The number of aromatic nitrogens is 3. The van der Waals surface area contributed by atoms with Crippen LogP contribution in [0.2, 0.25) is 0 Å². The van der Waals surface area contributed by atoms with E-state index in [4.69, 9.17) is 23.8 Å². The summed E-state index contributed by atoms with van der Waals surface area (Å²) in [5, 5.41) is 4.19. The molecule has 5 nitrogen and oxygen atoms in total. The van der Waals surface area contributed by atoms with Gasteiger partial charge in [-0.15, -0.1) is 0 Å². The quantitative estimate of drug-likeness (QED) is 0.197. The largest absolute Gasteiger partial charge is 0.456 e. The third-order valence-corrected chi connectivity index (χ3v) is 9.40. The first-order valence-electron chi connectivity index (χ1n) is 16.2. The Morgan fingerprint density at radius 2 is 1.12 bits per heavy atom. The van der Waals surface area contributed by atoms with Crippen LogP contribution in [0.25, 0.3) is 95.2 Å². The van der Waals surface area contributed by atoms with Gasteiger partial charge in [0.05, 0.1) is 0 Å². The number of rotatable bonds is 4. The summed E-state index contributed by atoms with van der Waals surface area (Å²) >= 11 is 0. The molecule has 0 spiro atoms. The van der Waals surface area contributed by atoms with Crippen LogP contribution in [0.1, 0.15) is 17.5 Å². The fraction of sp³-hybridized carbons (Fsp3) is 0.0465. The number of para-hydroxylation sites is 1. The van der Waals surface area contributed by atoms with Crippen molar-refractivity contribution in [1.29, 1.82) is 0 Å². The lowest BCUT2D eigenvalue weighted by atomic mass is 9.95. The van der Waals surface area contributed by atoms with E-state index in [0.717, 1.165) is 84.5 Å². The van der Waals surface area contributed by atoms with Gasteiger partial charge in [-0.2, -0.15) is 0 Å². The minimum Gasteiger partial charge on any atom is -0.456 e. The Labute approximate surface area is 275 Å². The Kier molecular flexibility index (Phi) is 5.93. The topological polar surface area (TPSA) is 65.0 Å². The Balaban J connectivity index is 1.22. The molecule has 3 heterocycles. The maximum atomic E-state index is 6.51. The van der Waals surface area contributed by atoms with Crippen molar-refractivity contribution in [3.63, 3.8) is 0 Å². The molecule has 0 saturated carbocycles. The maximum absolute atomic E-state index is 6.51. The number of fused-ring (bicyclic) bond motifs is 7. The summed E-state index contributed by atoms with van der Waals surface area (Å²) in [4.78, 5) is 15.3. The van der Waals surface area contributed by atoms with Gasteiger partial charge in [-0.1, -0.05) is 103 Å². The van der Waals surface area contributed by atoms with Gasteiger partial charge in [0.25, 0.3) is 0 Å². The minimum atomic E-state index is 0.603. The van der Waals surface area contributed by atoms with Crippen molar-refractivity contribution < 1.29 is 8.83 Å². The van der Waals surface area contributed by atoms with E-state index in [1.165, 1.54) is 11.1 Å². The lowest BCUT2D eigenvalue weighted by molar-refractivity contribution is 0.669. The monoisotopic (exact) mass is 617 g/mol. The molecule has 1 aliphatic carbocycles. The van der Waals surface area contributed by atoms with Gasteiger partial charge in [0, 0.05) is 38.2 Å². The summed E-state index contributed by atoms with van der Waals surface area (Å²) in [6.07, 6.45) is 6.55. The van der Waals surface area contributed by atoms with Crippen LogP contribution in [0.15, 0.2) is 142 Å². The molecule has 48 heavy (non-hydrogen) atoms. The fourth-order valence-electron chi connectivity index (χ4n) is 7.09. The number of allylic oxidation sites excluding steroid dienone is 1. The number of nitrogens with zero attached hydrogens (tertiary/aromatic N) is 3. The summed E-state index contributed by atoms with van der Waals surface area (Å²) in [6.45, 7) is 0. The third-order valence-electron chi connectivity index (χ3n) is 9.40. The predicted octanol–water partition coefficient (Wildman–Crippen LogP) is 11.3. The molecular weight excluding hydrogens is 590 g/mol. The van der Waals surface area contributed by atoms with Crippen molar-refractivity contribution in [3.8, 4) is 45.3 Å². The fourth-order valence-corrected chi connectivity index (χ4v) is 7.09. The van der Waals surface area contributed by atoms with Gasteiger partial charge in [-0.05, 0) is 71.5 Å². The molecule has 0 saturated heterocycles. The molecule has 0 N–H and O–H groups in total. The second kappa shape index (κ2) is 10.6. The van der Waals surface area contributed by atoms with Gasteiger partial charge >= 0.3 is 0 Å². The van der Waals surface area contributed by atoms with Crippen LogP contribution in [0, 0.1) is 0 Å². The Hall–Kier alpha value is -6.33. The first-order valence-corrected chi connectivity index (χ1v) is 16.2. The summed E-state index contributed by atoms with van der Waals surface area (Å²) in [7, 11) is 0. The van der Waals surface area contributed by atoms with Crippen molar-refractivity contribution >= 4 is 50.0 Å². The van der Waals surface area contributed by atoms with Crippen molar-refractivity contribution in [2.45, 2.75) is 12.8 Å². The molecule has 0 atom stereocenters. The lowest BCUT2D eigenvalue weighted by Crippen LogP contribution is -2.01. The molecule has 0 aliphatic heterocycles. The summed E-state index contributed by atoms with van der Waals surface area (Å²) in [6, 6.07) is 43.6. The van der Waals surface area contributed by atoms with E-state index in [-0.39, 0.29) is 0 Å². The molecule has 9 aromatic rings. The average Bonchev–Trinajstić information content (AvgIpc) is 3.73. The van der Waals surface area contributed by atoms with Crippen LogP contribution in [0.4, 0.5) is 0 Å². The normalized spacial score (nSPS) is 12.8. The van der Waals surface area contributed by atoms with Gasteiger partial charge in [-0.25, -0.2) is 15.0 Å². The van der Waals surface area contributed by atoms with Crippen LogP contribution in [-0.4, -0.2) is 15.0 Å². The Bertz CT molecular complexity index is 2740. The number of aryl methyl sites for hydroxylation is 1. The van der Waals surface area contributed by atoms with Gasteiger partial charge in [0.15, 0.2) is 17.5 Å². The van der Waals surface area contributed by atoms with Crippen LogP contribution in [0.5, 0.6) is 0 Å². The summed E-state index contributed by atoms with van der Waals surface area (Å²) < 4.78 is 12.7. The molecule has 10 rings (SSSR count). The van der Waals surface area contributed by atoms with Gasteiger partial charge in [0.1, 0.15) is 22.3 Å². The minimum absolute atomic E-state index is 0.603. The van der Waals surface area contributed by atoms with Gasteiger partial charge < -0.3 is 8.83 Å². The van der Waals surface area contributed by atoms with Crippen molar-refractivity contribution in [1.82, 2.24) is 15.0 Å². The van der Waals surface area contributed by atoms with E-state index < -0.39 is 0 Å². The second-order valence-electron chi connectivity index (χ2n) is 12.3. The molecular formula is C43H27N3O2. The average molecular weight is 618 g/mol. The molecule has 0 bridgehead atoms. The van der Waals surface area contributed by atoms with E-state index >= 15 is 0 Å². The number of furan rings is 2. The highest BCUT2D eigenvalue weighted by Crippen LogP contribution is 2.42. The predicted molar refractivity (Wildman–Crippen MR) is 193 cm³/mol. The first kappa shape index (κ1) is 26.8. The summed E-state index contributed by atoms with van der Waals surface area (Å²) in [5.74, 6) is 1.88.